The topological polar surface area (TPSA) is 44.9 Å². The highest BCUT2D eigenvalue weighted by Crippen LogP contribution is 2.51. The zero-order valence-corrected chi connectivity index (χ0v) is 32.4. The van der Waals surface area contributed by atoms with Gasteiger partial charge in [-0.25, -0.2) is 9.97 Å². The Kier molecular flexibility index (Phi) is 6.18. The molecule has 10 rings (SSSR count). The molecule has 0 N–H and O–H groups in total. The molecular weight excluding hydrogens is 649 g/mol. The summed E-state index contributed by atoms with van der Waals surface area (Å²) in [6.07, 6.45) is 3.82. The summed E-state index contributed by atoms with van der Waals surface area (Å²) in [4.78, 5) is 9.99. The zero-order chi connectivity index (χ0) is 37.0. The van der Waals surface area contributed by atoms with E-state index >= 15 is 0 Å². The normalized spacial score (nSPS) is 15.7. The summed E-state index contributed by atoms with van der Waals surface area (Å²) in [5.74, 6) is 3.57. The first-order chi connectivity index (χ1) is 25.0. The quantitative estimate of drug-likeness (QED) is 0.181. The van der Waals surface area contributed by atoms with E-state index in [0.717, 1.165) is 34.2 Å². The van der Waals surface area contributed by atoms with E-state index in [9.17, 15) is 0 Å². The molecular formula is C48H46N4O. The summed E-state index contributed by atoms with van der Waals surface area (Å²) in [7, 11) is 0. The van der Waals surface area contributed by atoms with Crippen molar-refractivity contribution in [2.45, 2.75) is 90.9 Å². The molecule has 2 aliphatic rings. The molecule has 0 bridgehead atoms. The molecule has 4 aromatic carbocycles. The van der Waals surface area contributed by atoms with Crippen LogP contribution in [0.15, 0.2) is 97.3 Å². The maximum absolute atomic E-state index is 6.83. The molecule has 0 unspecified atom stereocenters. The van der Waals surface area contributed by atoms with E-state index in [1.807, 2.05) is 12.4 Å². The molecule has 4 aromatic heterocycles. The van der Waals surface area contributed by atoms with Gasteiger partial charge in [-0.15, -0.1) is 0 Å². The predicted molar refractivity (Wildman–Crippen MR) is 219 cm³/mol. The molecule has 2 aliphatic heterocycles. The molecule has 264 valence electrons. The Morgan fingerprint density at radius 1 is 0.491 bits per heavy atom. The van der Waals surface area contributed by atoms with Crippen molar-refractivity contribution < 1.29 is 4.74 Å². The van der Waals surface area contributed by atoms with Crippen LogP contribution in [0.3, 0.4) is 0 Å². The van der Waals surface area contributed by atoms with Gasteiger partial charge in [0.25, 0.3) is 0 Å². The fourth-order valence-electron chi connectivity index (χ4n) is 9.19. The van der Waals surface area contributed by atoms with Crippen LogP contribution in [0.25, 0.3) is 55.2 Å². The van der Waals surface area contributed by atoms with E-state index in [1.165, 1.54) is 66.0 Å². The van der Waals surface area contributed by atoms with Crippen molar-refractivity contribution in [2.75, 3.05) is 0 Å². The highest BCUT2D eigenvalue weighted by molar-refractivity contribution is 6.13. The number of nitrogens with zero attached hydrogens (tertiary/aromatic N) is 4. The number of aromatic nitrogens is 4. The predicted octanol–water partition coefficient (Wildman–Crippen LogP) is 12.3. The Balaban J connectivity index is 1.19. The summed E-state index contributed by atoms with van der Waals surface area (Å²) in [6, 6.07) is 31.3. The van der Waals surface area contributed by atoms with Crippen molar-refractivity contribution in [3.05, 3.63) is 131 Å². The lowest BCUT2D eigenvalue weighted by Crippen LogP contribution is -2.28. The Bertz CT molecular complexity index is 2690. The first kappa shape index (κ1) is 32.2. The summed E-state index contributed by atoms with van der Waals surface area (Å²) in [6.45, 7) is 23.1. The Morgan fingerprint density at radius 2 is 0.906 bits per heavy atom. The second-order valence-electron chi connectivity index (χ2n) is 18.5. The van der Waals surface area contributed by atoms with Crippen LogP contribution in [0.4, 0.5) is 0 Å². The third-order valence-electron chi connectivity index (χ3n) is 12.3. The summed E-state index contributed by atoms with van der Waals surface area (Å²) in [5, 5.41) is 4.94. The minimum absolute atomic E-state index is 0.00983. The fraction of sp³-hybridized carbons (Fsp3) is 0.292. The van der Waals surface area contributed by atoms with Crippen molar-refractivity contribution in [2.24, 2.45) is 0 Å². The summed E-state index contributed by atoms with van der Waals surface area (Å²) >= 11 is 0. The summed E-state index contributed by atoms with van der Waals surface area (Å²) in [5.41, 5.74) is 12.1. The molecule has 0 aliphatic carbocycles. The molecule has 0 saturated heterocycles. The Hall–Kier alpha value is -5.42. The molecule has 5 heteroatoms. The van der Waals surface area contributed by atoms with Crippen LogP contribution in [-0.2, 0) is 21.7 Å². The monoisotopic (exact) mass is 694 g/mol. The largest absolute Gasteiger partial charge is 0.457 e. The Labute approximate surface area is 311 Å². The zero-order valence-electron chi connectivity index (χ0n) is 32.4. The lowest BCUT2D eigenvalue weighted by molar-refractivity contribution is 0.484. The van der Waals surface area contributed by atoms with Crippen LogP contribution >= 0.6 is 0 Å². The summed E-state index contributed by atoms with van der Waals surface area (Å²) < 4.78 is 11.6. The van der Waals surface area contributed by atoms with Gasteiger partial charge in [0.05, 0.1) is 22.1 Å². The maximum Gasteiger partial charge on any atom is 0.141 e. The third kappa shape index (κ3) is 4.31. The van der Waals surface area contributed by atoms with Crippen LogP contribution in [-0.4, -0.2) is 19.1 Å². The first-order valence-electron chi connectivity index (χ1n) is 18.9. The van der Waals surface area contributed by atoms with E-state index in [0.29, 0.717) is 0 Å². The molecule has 53 heavy (non-hydrogen) atoms. The maximum atomic E-state index is 6.83. The minimum atomic E-state index is -0.195. The molecule has 5 nitrogen and oxygen atoms in total. The third-order valence-corrected chi connectivity index (χ3v) is 12.3. The van der Waals surface area contributed by atoms with Crippen molar-refractivity contribution in [1.82, 2.24) is 19.1 Å². The Morgan fingerprint density at radius 3 is 1.30 bits per heavy atom. The lowest BCUT2D eigenvalue weighted by atomic mass is 9.73. The van der Waals surface area contributed by atoms with Crippen LogP contribution in [0, 0.1) is 0 Å². The standard InChI is InChI=1S/C48H46N4O/c1-45(2,3)27-21-33-31-17-15-29(25-39(31)51-41(33)37(23-27)47(7,8)35-13-11-19-49-43(35)51)53-30-16-18-32-34-22-28(46(4,5)6)24-38-42(34)52(40(32)26-30)44-36(48(38,9)10)14-12-20-50-44/h11-26H,1-10H3. The first-order valence-corrected chi connectivity index (χ1v) is 18.9. The van der Waals surface area contributed by atoms with Gasteiger partial charge in [0.1, 0.15) is 23.1 Å². The highest BCUT2D eigenvalue weighted by Gasteiger charge is 2.39. The SMILES string of the molecule is CC(C)(C)c1cc2c3c(c1)c1ccc(Oc4ccc5c6cc(C(C)(C)C)cc7c6n(c5c4)-c4ncccc4C7(C)C)cc1n3-c1ncccc1C2(C)C. The second kappa shape index (κ2) is 10.2. The van der Waals surface area contributed by atoms with E-state index in [4.69, 9.17) is 14.7 Å². The number of benzene rings is 4. The van der Waals surface area contributed by atoms with Gasteiger partial charge < -0.3 is 4.74 Å². The minimum Gasteiger partial charge on any atom is -0.457 e. The molecule has 6 heterocycles. The average molecular weight is 695 g/mol. The van der Waals surface area contributed by atoms with Crippen molar-refractivity contribution >= 4 is 43.6 Å². The lowest BCUT2D eigenvalue weighted by Gasteiger charge is -2.35. The van der Waals surface area contributed by atoms with Gasteiger partial charge in [0.2, 0.25) is 0 Å². The van der Waals surface area contributed by atoms with Crippen LogP contribution in [0.5, 0.6) is 11.5 Å². The molecule has 0 radical (unpaired) electrons. The number of hydrogen-bond acceptors (Lipinski definition) is 3. The fourth-order valence-corrected chi connectivity index (χ4v) is 9.19. The van der Waals surface area contributed by atoms with Gasteiger partial charge in [0.15, 0.2) is 0 Å². The van der Waals surface area contributed by atoms with Crippen molar-refractivity contribution in [1.29, 1.82) is 0 Å². The van der Waals surface area contributed by atoms with Gasteiger partial charge in [-0.2, -0.15) is 0 Å². The molecule has 0 fully saturated rings. The van der Waals surface area contributed by atoms with E-state index in [1.54, 1.807) is 0 Å². The number of ether oxygens (including phenoxy) is 1. The van der Waals surface area contributed by atoms with E-state index in [-0.39, 0.29) is 21.7 Å². The van der Waals surface area contributed by atoms with Gasteiger partial charge >= 0.3 is 0 Å². The molecule has 0 spiro atoms. The van der Waals surface area contributed by atoms with Crippen LogP contribution in [0.1, 0.15) is 103 Å². The smallest absolute Gasteiger partial charge is 0.141 e. The number of hydrogen-bond donors (Lipinski definition) is 0. The molecule has 8 aromatic rings. The van der Waals surface area contributed by atoms with Crippen molar-refractivity contribution in [3.8, 4) is 23.1 Å². The van der Waals surface area contributed by atoms with Crippen LogP contribution in [0.2, 0.25) is 0 Å². The average Bonchev–Trinajstić information content (AvgIpc) is 3.61. The number of fused-ring (bicyclic) bond motifs is 10. The molecule has 0 amide bonds. The van der Waals surface area contributed by atoms with Gasteiger partial charge in [-0.05, 0) is 81.6 Å². The highest BCUT2D eigenvalue weighted by atomic mass is 16.5. The number of rotatable bonds is 2. The molecule has 0 atom stereocenters. The van der Waals surface area contributed by atoms with E-state index < -0.39 is 0 Å². The van der Waals surface area contributed by atoms with Crippen LogP contribution < -0.4 is 4.74 Å². The van der Waals surface area contributed by atoms with Gasteiger partial charge in [-0.3, -0.25) is 9.13 Å². The van der Waals surface area contributed by atoms with Gasteiger partial charge in [0, 0.05) is 68.0 Å². The van der Waals surface area contributed by atoms with E-state index in [2.05, 4.69) is 163 Å². The van der Waals surface area contributed by atoms with Crippen molar-refractivity contribution in [3.63, 3.8) is 0 Å². The second-order valence-corrected chi connectivity index (χ2v) is 18.5. The number of pyridine rings is 2. The van der Waals surface area contributed by atoms with Gasteiger partial charge in [-0.1, -0.05) is 93.5 Å². The molecule has 0 saturated carbocycles.